The summed E-state index contributed by atoms with van der Waals surface area (Å²) in [5.74, 6) is 0. The number of aromatic nitrogens is 2. The zero-order chi connectivity index (χ0) is 13.1. The normalized spacial score (nSPS) is 27.6. The van der Waals surface area contributed by atoms with Gasteiger partial charge in [0.05, 0.1) is 12.2 Å². The van der Waals surface area contributed by atoms with Gasteiger partial charge in [-0.15, -0.1) is 0 Å². The topological polar surface area (TPSA) is 110 Å². The lowest BCUT2D eigenvalue weighted by atomic mass is 10.1. The van der Waals surface area contributed by atoms with Crippen molar-refractivity contribution in [1.29, 1.82) is 0 Å². The first-order chi connectivity index (χ1) is 8.61. The third-order valence-electron chi connectivity index (χ3n) is 3.06. The molecule has 0 unspecified atom stereocenters. The zero-order valence-electron chi connectivity index (χ0n) is 9.91. The molecule has 0 radical (unpaired) electrons. The third-order valence-corrected chi connectivity index (χ3v) is 3.06. The van der Waals surface area contributed by atoms with Crippen molar-refractivity contribution in [1.82, 2.24) is 9.55 Å². The first-order valence-electron chi connectivity index (χ1n) is 5.97. The second-order valence-electron chi connectivity index (χ2n) is 4.38. The van der Waals surface area contributed by atoms with Crippen LogP contribution in [0.2, 0.25) is 0 Å². The molecule has 0 aliphatic carbocycles. The molecule has 0 aromatic carbocycles. The van der Waals surface area contributed by atoms with Gasteiger partial charge < -0.3 is 15.6 Å². The van der Waals surface area contributed by atoms with Crippen LogP contribution in [0.1, 0.15) is 25.5 Å². The van der Waals surface area contributed by atoms with Crippen molar-refractivity contribution in [3.63, 3.8) is 0 Å². The molecule has 0 saturated carbocycles. The molecule has 7 nitrogen and oxygen atoms in total. The van der Waals surface area contributed by atoms with Crippen LogP contribution in [0, 0.1) is 0 Å². The van der Waals surface area contributed by atoms with Gasteiger partial charge in [0, 0.05) is 18.7 Å². The van der Waals surface area contributed by atoms with Crippen LogP contribution >= 0.6 is 0 Å². The average molecular weight is 255 g/mol. The van der Waals surface area contributed by atoms with Gasteiger partial charge in [-0.2, -0.15) is 0 Å². The lowest BCUT2D eigenvalue weighted by Crippen LogP contribution is -2.31. The predicted octanol–water partition coefficient (Wildman–Crippen LogP) is -1.08. The van der Waals surface area contributed by atoms with E-state index < -0.39 is 23.6 Å². The highest BCUT2D eigenvalue weighted by atomic mass is 16.5. The van der Waals surface area contributed by atoms with Gasteiger partial charge in [-0.05, 0) is 19.4 Å². The van der Waals surface area contributed by atoms with Crippen LogP contribution in [0.15, 0.2) is 21.9 Å². The molecule has 1 fully saturated rings. The van der Waals surface area contributed by atoms with E-state index in [1.54, 1.807) is 0 Å². The molecule has 1 aliphatic rings. The Bertz CT molecular complexity index is 510. The molecule has 1 aromatic rings. The number of nitrogens with two attached hydrogens (primary N) is 1. The van der Waals surface area contributed by atoms with E-state index in [2.05, 4.69) is 4.98 Å². The van der Waals surface area contributed by atoms with Crippen molar-refractivity contribution in [2.24, 2.45) is 5.73 Å². The van der Waals surface area contributed by atoms with Crippen LogP contribution in [-0.4, -0.2) is 33.4 Å². The number of aromatic amines is 1. The van der Waals surface area contributed by atoms with E-state index in [0.717, 1.165) is 6.42 Å². The van der Waals surface area contributed by atoms with Gasteiger partial charge in [0.15, 0.2) is 0 Å². The minimum Gasteiger partial charge on any atom is -0.390 e. The van der Waals surface area contributed by atoms with Crippen molar-refractivity contribution in [3.8, 4) is 0 Å². The number of hydrogen-bond acceptors (Lipinski definition) is 5. The van der Waals surface area contributed by atoms with Gasteiger partial charge in [-0.1, -0.05) is 0 Å². The van der Waals surface area contributed by atoms with Crippen LogP contribution < -0.4 is 17.0 Å². The quantitative estimate of drug-likeness (QED) is 0.634. The van der Waals surface area contributed by atoms with E-state index in [1.807, 2.05) is 0 Å². The fourth-order valence-electron chi connectivity index (χ4n) is 2.12. The van der Waals surface area contributed by atoms with Crippen LogP contribution in [0.25, 0.3) is 0 Å². The molecule has 2 heterocycles. The Morgan fingerprint density at radius 1 is 1.56 bits per heavy atom. The Kier molecular flexibility index (Phi) is 3.95. The third kappa shape index (κ3) is 2.69. The summed E-state index contributed by atoms with van der Waals surface area (Å²) >= 11 is 0. The number of aliphatic hydroxyl groups is 1. The summed E-state index contributed by atoms with van der Waals surface area (Å²) in [6, 6.07) is 1.25. The highest BCUT2D eigenvalue weighted by molar-refractivity contribution is 4.88. The minimum absolute atomic E-state index is 0.308. The summed E-state index contributed by atoms with van der Waals surface area (Å²) in [6.45, 7) is 0.538. The molecule has 1 aliphatic heterocycles. The molecule has 4 N–H and O–H groups in total. The fraction of sp³-hybridized carbons (Fsp3) is 0.636. The van der Waals surface area contributed by atoms with Crippen molar-refractivity contribution < 1.29 is 9.84 Å². The summed E-state index contributed by atoms with van der Waals surface area (Å²) in [6.07, 6.45) is 1.68. The molecule has 18 heavy (non-hydrogen) atoms. The van der Waals surface area contributed by atoms with E-state index in [9.17, 15) is 14.7 Å². The van der Waals surface area contributed by atoms with Crippen molar-refractivity contribution in [2.75, 3.05) is 6.54 Å². The first-order valence-corrected chi connectivity index (χ1v) is 5.97. The first kappa shape index (κ1) is 13.0. The van der Waals surface area contributed by atoms with Gasteiger partial charge >= 0.3 is 5.69 Å². The minimum atomic E-state index is -0.611. The number of nitrogens with one attached hydrogen (secondary N) is 1. The molecular formula is C11H17N3O4. The second-order valence-corrected chi connectivity index (χ2v) is 4.38. The van der Waals surface area contributed by atoms with E-state index in [0.29, 0.717) is 19.4 Å². The summed E-state index contributed by atoms with van der Waals surface area (Å²) in [5.41, 5.74) is 4.43. The second kappa shape index (κ2) is 5.47. The largest absolute Gasteiger partial charge is 0.390 e. The number of hydrogen-bond donors (Lipinski definition) is 3. The van der Waals surface area contributed by atoms with E-state index >= 15 is 0 Å². The van der Waals surface area contributed by atoms with E-state index in [1.165, 1.54) is 16.8 Å². The monoisotopic (exact) mass is 255 g/mol. The molecule has 100 valence electrons. The molecule has 0 spiro atoms. The highest BCUT2D eigenvalue weighted by Gasteiger charge is 2.34. The molecule has 1 saturated heterocycles. The molecule has 0 amide bonds. The Balaban J connectivity index is 2.11. The van der Waals surface area contributed by atoms with Gasteiger partial charge in [0.1, 0.15) is 6.23 Å². The average Bonchev–Trinajstić information content (AvgIpc) is 2.68. The standard InChI is InChI=1S/C11H17N3O4/c12-4-1-2-8-7(15)6-10(18-8)14-5-3-9(16)13-11(14)17/h3,5,7-8,10,15H,1-2,4,6,12H2,(H,13,16,17)/t7-,8+,10+/m0/s1. The van der Waals surface area contributed by atoms with Gasteiger partial charge in [-0.25, -0.2) is 4.79 Å². The number of nitrogens with zero attached hydrogens (tertiary/aromatic N) is 1. The molecule has 3 atom stereocenters. The number of H-pyrrole nitrogens is 1. The summed E-state index contributed by atoms with van der Waals surface area (Å²) in [5, 5.41) is 9.84. The van der Waals surface area contributed by atoms with Crippen LogP contribution in [0.4, 0.5) is 0 Å². The Hall–Kier alpha value is -1.44. The Labute approximate surface area is 103 Å². The number of ether oxygens (including phenoxy) is 1. The molecule has 1 aromatic heterocycles. The predicted molar refractivity (Wildman–Crippen MR) is 64.1 cm³/mol. The van der Waals surface area contributed by atoms with Crippen molar-refractivity contribution >= 4 is 0 Å². The van der Waals surface area contributed by atoms with Crippen LogP contribution in [0.5, 0.6) is 0 Å². The van der Waals surface area contributed by atoms with Crippen LogP contribution in [0.3, 0.4) is 0 Å². The highest BCUT2D eigenvalue weighted by Crippen LogP contribution is 2.29. The van der Waals surface area contributed by atoms with Gasteiger partial charge in [0.2, 0.25) is 0 Å². The molecule has 2 rings (SSSR count). The lowest BCUT2D eigenvalue weighted by molar-refractivity contribution is -0.0247. The van der Waals surface area contributed by atoms with Crippen molar-refractivity contribution in [2.45, 2.75) is 37.7 Å². The van der Waals surface area contributed by atoms with Crippen LogP contribution in [-0.2, 0) is 4.74 Å². The maximum Gasteiger partial charge on any atom is 0.330 e. The maximum absolute atomic E-state index is 11.6. The van der Waals surface area contributed by atoms with Gasteiger partial charge in [0.25, 0.3) is 5.56 Å². The molecular weight excluding hydrogens is 238 g/mol. The summed E-state index contributed by atoms with van der Waals surface area (Å²) in [7, 11) is 0. The smallest absolute Gasteiger partial charge is 0.330 e. The van der Waals surface area contributed by atoms with Gasteiger partial charge in [-0.3, -0.25) is 14.3 Å². The molecule has 0 bridgehead atoms. The van der Waals surface area contributed by atoms with Crippen molar-refractivity contribution in [3.05, 3.63) is 33.1 Å². The fourth-order valence-corrected chi connectivity index (χ4v) is 2.12. The summed E-state index contributed by atoms with van der Waals surface area (Å²) in [4.78, 5) is 24.7. The van der Waals surface area contributed by atoms with E-state index in [-0.39, 0.29) is 6.10 Å². The lowest BCUT2D eigenvalue weighted by Gasteiger charge is -2.15. The maximum atomic E-state index is 11.6. The Morgan fingerprint density at radius 2 is 2.33 bits per heavy atom. The number of aliphatic hydroxyl groups excluding tert-OH is 1. The van der Waals surface area contributed by atoms with E-state index in [4.69, 9.17) is 10.5 Å². The number of rotatable bonds is 4. The Morgan fingerprint density at radius 3 is 3.00 bits per heavy atom. The summed E-state index contributed by atoms with van der Waals surface area (Å²) < 4.78 is 6.90. The zero-order valence-corrected chi connectivity index (χ0v) is 9.91. The SMILES string of the molecule is NCCC[C@H]1O[C@@H](n2ccc(=O)[nH]c2=O)C[C@@H]1O. The molecule has 7 heteroatoms.